The number of rotatable bonds is 6. The summed E-state index contributed by atoms with van der Waals surface area (Å²) >= 11 is 0. The van der Waals surface area contributed by atoms with E-state index in [1.807, 2.05) is 18.2 Å². The van der Waals surface area contributed by atoms with E-state index in [0.29, 0.717) is 17.9 Å². The molecule has 0 spiro atoms. The highest BCUT2D eigenvalue weighted by atomic mass is 16.2. The minimum Gasteiger partial charge on any atom is -0.326 e. The maximum Gasteiger partial charge on any atom is 0.229 e. The van der Waals surface area contributed by atoms with Gasteiger partial charge in [0.15, 0.2) is 0 Å². The highest BCUT2D eigenvalue weighted by Crippen LogP contribution is 2.32. The summed E-state index contributed by atoms with van der Waals surface area (Å²) in [7, 11) is 0. The molecular weight excluding hydrogens is 366 g/mol. The van der Waals surface area contributed by atoms with E-state index >= 15 is 0 Å². The van der Waals surface area contributed by atoms with Crippen LogP contribution in [0.5, 0.6) is 0 Å². The van der Waals surface area contributed by atoms with Gasteiger partial charge in [-0.25, -0.2) is 0 Å². The summed E-state index contributed by atoms with van der Waals surface area (Å²) in [6.07, 6.45) is 1.88. The standard InChI is InChI=1S/C23H27N3O3/c1-4-16-7-6-8-17(5-2)22(16)26-14-18(13-21(26)28)23(29)25-20-11-9-19(10-12-20)24-15(3)27/h6-12,18H,4-5,13-14H2,1-3H3,(H,24,27)(H,25,29)/t18-/m1/s1. The Hall–Kier alpha value is -3.15. The van der Waals surface area contributed by atoms with Crippen LogP contribution in [0.3, 0.4) is 0 Å². The summed E-state index contributed by atoms with van der Waals surface area (Å²) in [5.74, 6) is -0.723. The van der Waals surface area contributed by atoms with Gasteiger partial charge in [-0.2, -0.15) is 0 Å². The number of carbonyl (C=O) groups is 3. The molecule has 2 aromatic carbocycles. The smallest absolute Gasteiger partial charge is 0.229 e. The van der Waals surface area contributed by atoms with Crippen molar-refractivity contribution in [3.05, 3.63) is 53.6 Å². The Morgan fingerprint density at radius 2 is 1.52 bits per heavy atom. The molecule has 0 unspecified atom stereocenters. The number of hydrogen-bond donors (Lipinski definition) is 2. The van der Waals surface area contributed by atoms with Crippen molar-refractivity contribution in [1.82, 2.24) is 0 Å². The Balaban J connectivity index is 1.72. The minimum absolute atomic E-state index is 0.0123. The first-order chi connectivity index (χ1) is 13.9. The van der Waals surface area contributed by atoms with Gasteiger partial charge < -0.3 is 15.5 Å². The van der Waals surface area contributed by atoms with E-state index in [-0.39, 0.29) is 24.1 Å². The van der Waals surface area contributed by atoms with E-state index in [2.05, 4.69) is 24.5 Å². The lowest BCUT2D eigenvalue weighted by Crippen LogP contribution is -2.29. The fraction of sp³-hybridized carbons (Fsp3) is 0.348. The number of para-hydroxylation sites is 1. The van der Waals surface area contributed by atoms with Gasteiger partial charge >= 0.3 is 0 Å². The lowest BCUT2D eigenvalue weighted by molar-refractivity contribution is -0.122. The van der Waals surface area contributed by atoms with Crippen molar-refractivity contribution >= 4 is 34.8 Å². The van der Waals surface area contributed by atoms with Gasteiger partial charge in [-0.3, -0.25) is 14.4 Å². The summed E-state index contributed by atoms with van der Waals surface area (Å²) in [6, 6.07) is 13.1. The zero-order valence-electron chi connectivity index (χ0n) is 17.1. The average Bonchev–Trinajstić information content (AvgIpc) is 3.09. The van der Waals surface area contributed by atoms with Crippen LogP contribution in [-0.4, -0.2) is 24.3 Å². The first-order valence-electron chi connectivity index (χ1n) is 10.0. The van der Waals surface area contributed by atoms with E-state index in [9.17, 15) is 14.4 Å². The maximum absolute atomic E-state index is 12.7. The second-order valence-electron chi connectivity index (χ2n) is 7.29. The lowest BCUT2D eigenvalue weighted by atomic mass is 10.0. The summed E-state index contributed by atoms with van der Waals surface area (Å²) in [5.41, 5.74) is 4.54. The Morgan fingerprint density at radius 3 is 2.03 bits per heavy atom. The van der Waals surface area contributed by atoms with Gasteiger partial charge in [-0.1, -0.05) is 32.0 Å². The Kier molecular flexibility index (Phi) is 6.32. The molecule has 1 fully saturated rings. The Bertz CT molecular complexity index is 899. The van der Waals surface area contributed by atoms with E-state index in [0.717, 1.165) is 29.7 Å². The number of nitrogens with zero attached hydrogens (tertiary/aromatic N) is 1. The zero-order valence-corrected chi connectivity index (χ0v) is 17.1. The van der Waals surface area contributed by atoms with Crippen molar-refractivity contribution in [2.45, 2.75) is 40.0 Å². The SMILES string of the molecule is CCc1cccc(CC)c1N1C[C@H](C(=O)Nc2ccc(NC(C)=O)cc2)CC1=O. The van der Waals surface area contributed by atoms with Crippen LogP contribution >= 0.6 is 0 Å². The molecule has 0 aliphatic carbocycles. The van der Waals surface area contributed by atoms with Gasteiger partial charge in [0.25, 0.3) is 0 Å². The van der Waals surface area contributed by atoms with Crippen LogP contribution in [0, 0.1) is 5.92 Å². The quantitative estimate of drug-likeness (QED) is 0.784. The van der Waals surface area contributed by atoms with E-state index in [1.54, 1.807) is 29.2 Å². The molecule has 6 heteroatoms. The molecule has 0 radical (unpaired) electrons. The summed E-state index contributed by atoms with van der Waals surface area (Å²) < 4.78 is 0. The third kappa shape index (κ3) is 4.65. The van der Waals surface area contributed by atoms with Gasteiger partial charge in [0.2, 0.25) is 17.7 Å². The summed E-state index contributed by atoms with van der Waals surface area (Å²) in [4.78, 5) is 38.4. The molecule has 3 amide bonds. The van der Waals surface area contributed by atoms with Crippen molar-refractivity contribution in [2.75, 3.05) is 22.1 Å². The van der Waals surface area contributed by atoms with Crippen LogP contribution in [0.15, 0.2) is 42.5 Å². The number of carbonyl (C=O) groups excluding carboxylic acids is 3. The highest BCUT2D eigenvalue weighted by molar-refractivity contribution is 6.04. The highest BCUT2D eigenvalue weighted by Gasteiger charge is 2.36. The van der Waals surface area contributed by atoms with Gasteiger partial charge in [0.1, 0.15) is 0 Å². The van der Waals surface area contributed by atoms with Gasteiger partial charge in [-0.05, 0) is 48.2 Å². The topological polar surface area (TPSA) is 78.5 Å². The van der Waals surface area contributed by atoms with Crippen molar-refractivity contribution in [3.8, 4) is 0 Å². The second kappa shape index (κ2) is 8.90. The van der Waals surface area contributed by atoms with Crippen LogP contribution in [0.1, 0.15) is 38.3 Å². The molecule has 2 aromatic rings. The number of anilines is 3. The molecule has 3 rings (SSSR count). The molecule has 1 aliphatic heterocycles. The van der Waals surface area contributed by atoms with Crippen LogP contribution in [0.25, 0.3) is 0 Å². The predicted octanol–water partition coefficient (Wildman–Crippen LogP) is 3.76. The molecule has 2 N–H and O–H groups in total. The molecule has 6 nitrogen and oxygen atoms in total. The van der Waals surface area contributed by atoms with E-state index in [4.69, 9.17) is 0 Å². The molecule has 1 atom stereocenters. The molecule has 1 aliphatic rings. The first kappa shape index (κ1) is 20.6. The van der Waals surface area contributed by atoms with Crippen LogP contribution in [0.4, 0.5) is 17.1 Å². The fourth-order valence-corrected chi connectivity index (χ4v) is 3.75. The number of aryl methyl sites for hydroxylation is 2. The van der Waals surface area contributed by atoms with Gasteiger partial charge in [0, 0.05) is 37.0 Å². The largest absolute Gasteiger partial charge is 0.326 e. The minimum atomic E-state index is -0.396. The number of benzene rings is 2. The van der Waals surface area contributed by atoms with E-state index < -0.39 is 5.92 Å². The van der Waals surface area contributed by atoms with Crippen molar-refractivity contribution in [3.63, 3.8) is 0 Å². The van der Waals surface area contributed by atoms with Crippen LogP contribution in [-0.2, 0) is 27.2 Å². The molecule has 0 aromatic heterocycles. The maximum atomic E-state index is 12.7. The predicted molar refractivity (Wildman–Crippen MR) is 115 cm³/mol. The van der Waals surface area contributed by atoms with Crippen molar-refractivity contribution in [2.24, 2.45) is 5.92 Å². The molecule has 152 valence electrons. The fourth-order valence-electron chi connectivity index (χ4n) is 3.75. The van der Waals surface area contributed by atoms with Crippen LogP contribution < -0.4 is 15.5 Å². The van der Waals surface area contributed by atoms with Gasteiger partial charge in [0.05, 0.1) is 5.92 Å². The molecule has 29 heavy (non-hydrogen) atoms. The van der Waals surface area contributed by atoms with Crippen LogP contribution in [0.2, 0.25) is 0 Å². The zero-order chi connectivity index (χ0) is 21.0. The van der Waals surface area contributed by atoms with Crippen molar-refractivity contribution < 1.29 is 14.4 Å². The Morgan fingerprint density at radius 1 is 0.966 bits per heavy atom. The second-order valence-corrected chi connectivity index (χ2v) is 7.29. The summed E-state index contributed by atoms with van der Waals surface area (Å²) in [6.45, 7) is 5.99. The number of nitrogens with one attached hydrogen (secondary N) is 2. The third-order valence-corrected chi connectivity index (χ3v) is 5.20. The molecule has 0 saturated carbocycles. The monoisotopic (exact) mass is 393 g/mol. The molecular formula is C23H27N3O3. The van der Waals surface area contributed by atoms with Crippen molar-refractivity contribution in [1.29, 1.82) is 0 Å². The Labute approximate surface area is 171 Å². The molecule has 0 bridgehead atoms. The third-order valence-electron chi connectivity index (χ3n) is 5.20. The number of hydrogen-bond acceptors (Lipinski definition) is 3. The summed E-state index contributed by atoms with van der Waals surface area (Å²) in [5, 5.41) is 5.57. The number of amides is 3. The van der Waals surface area contributed by atoms with E-state index in [1.165, 1.54) is 6.92 Å². The average molecular weight is 393 g/mol. The van der Waals surface area contributed by atoms with Gasteiger partial charge in [-0.15, -0.1) is 0 Å². The lowest BCUT2D eigenvalue weighted by Gasteiger charge is -2.23. The molecule has 1 saturated heterocycles. The first-order valence-corrected chi connectivity index (χ1v) is 10.0. The molecule has 1 heterocycles. The normalized spacial score (nSPS) is 16.0.